The normalized spacial score (nSPS) is 19.9. The van der Waals surface area contributed by atoms with Crippen molar-refractivity contribution >= 4 is 11.7 Å². The molecule has 6 heteroatoms. The molecule has 0 radical (unpaired) electrons. The molecule has 100 valence electrons. The summed E-state index contributed by atoms with van der Waals surface area (Å²) in [6.07, 6.45) is 6.50. The summed E-state index contributed by atoms with van der Waals surface area (Å²) in [6, 6.07) is 1.88. The SMILES string of the molecule is COC(=O)C1CCN(Cc2cn3cccnc3n2)C1. The summed E-state index contributed by atoms with van der Waals surface area (Å²) in [5.41, 5.74) is 0.976. The molecule has 0 aromatic carbocycles. The first-order valence-electron chi connectivity index (χ1n) is 6.35. The number of fused-ring (bicyclic) bond motifs is 1. The van der Waals surface area contributed by atoms with Crippen LogP contribution in [0.4, 0.5) is 0 Å². The van der Waals surface area contributed by atoms with E-state index < -0.39 is 0 Å². The second-order valence-corrected chi connectivity index (χ2v) is 4.80. The molecule has 1 aliphatic rings. The standard InChI is InChI=1S/C13H16N4O2/c1-19-12(18)10-3-6-16(7-10)8-11-9-17-5-2-4-14-13(17)15-11/h2,4-5,9-10H,3,6-8H2,1H3. The fourth-order valence-corrected chi connectivity index (χ4v) is 2.52. The highest BCUT2D eigenvalue weighted by atomic mass is 16.5. The molecule has 3 rings (SSSR count). The van der Waals surface area contributed by atoms with Crippen LogP contribution in [0, 0.1) is 5.92 Å². The van der Waals surface area contributed by atoms with Crippen molar-refractivity contribution in [2.45, 2.75) is 13.0 Å². The fraction of sp³-hybridized carbons (Fsp3) is 0.462. The van der Waals surface area contributed by atoms with Gasteiger partial charge >= 0.3 is 5.97 Å². The first-order chi connectivity index (χ1) is 9.26. The van der Waals surface area contributed by atoms with Gasteiger partial charge in [0, 0.05) is 31.7 Å². The molecular weight excluding hydrogens is 244 g/mol. The first kappa shape index (κ1) is 12.1. The number of nitrogens with zero attached hydrogens (tertiary/aromatic N) is 4. The Morgan fingerprint density at radius 3 is 3.26 bits per heavy atom. The van der Waals surface area contributed by atoms with Crippen molar-refractivity contribution in [3.8, 4) is 0 Å². The summed E-state index contributed by atoms with van der Waals surface area (Å²) in [7, 11) is 1.44. The van der Waals surface area contributed by atoms with Gasteiger partial charge in [-0.2, -0.15) is 0 Å². The van der Waals surface area contributed by atoms with Crippen LogP contribution >= 0.6 is 0 Å². The zero-order chi connectivity index (χ0) is 13.2. The van der Waals surface area contributed by atoms with Gasteiger partial charge in [0.15, 0.2) is 0 Å². The maximum atomic E-state index is 11.5. The van der Waals surface area contributed by atoms with Crippen molar-refractivity contribution in [1.29, 1.82) is 0 Å². The van der Waals surface area contributed by atoms with Gasteiger partial charge in [-0.3, -0.25) is 14.1 Å². The van der Waals surface area contributed by atoms with Crippen molar-refractivity contribution in [1.82, 2.24) is 19.3 Å². The minimum Gasteiger partial charge on any atom is -0.469 e. The average molecular weight is 260 g/mol. The van der Waals surface area contributed by atoms with E-state index in [0.717, 1.165) is 31.7 Å². The Kier molecular flexibility index (Phi) is 3.16. The lowest BCUT2D eigenvalue weighted by atomic mass is 10.1. The molecule has 1 atom stereocenters. The van der Waals surface area contributed by atoms with Gasteiger partial charge in [-0.05, 0) is 19.0 Å². The first-order valence-corrected chi connectivity index (χ1v) is 6.35. The van der Waals surface area contributed by atoms with E-state index in [1.807, 2.05) is 22.9 Å². The van der Waals surface area contributed by atoms with Gasteiger partial charge in [0.05, 0.1) is 18.7 Å². The number of aromatic nitrogens is 3. The predicted molar refractivity (Wildman–Crippen MR) is 68.4 cm³/mol. The Bertz CT molecular complexity index is 562. The van der Waals surface area contributed by atoms with Crippen LogP contribution < -0.4 is 0 Å². The third kappa shape index (κ3) is 2.44. The third-order valence-electron chi connectivity index (χ3n) is 3.48. The number of rotatable bonds is 3. The monoisotopic (exact) mass is 260 g/mol. The molecular formula is C13H16N4O2. The summed E-state index contributed by atoms with van der Waals surface area (Å²) in [5.74, 6) is 0.598. The van der Waals surface area contributed by atoms with E-state index in [0.29, 0.717) is 5.78 Å². The van der Waals surface area contributed by atoms with Crippen LogP contribution in [0.15, 0.2) is 24.7 Å². The Balaban J connectivity index is 1.67. The van der Waals surface area contributed by atoms with E-state index in [2.05, 4.69) is 14.9 Å². The van der Waals surface area contributed by atoms with Gasteiger partial charge in [-0.1, -0.05) is 0 Å². The summed E-state index contributed by atoms with van der Waals surface area (Å²) < 4.78 is 6.69. The minimum atomic E-state index is -0.112. The molecule has 0 N–H and O–H groups in total. The Morgan fingerprint density at radius 2 is 2.47 bits per heavy atom. The Hall–Kier alpha value is -1.95. The predicted octanol–water partition coefficient (Wildman–Crippen LogP) is 0.724. The molecule has 3 heterocycles. The molecule has 0 amide bonds. The van der Waals surface area contributed by atoms with E-state index >= 15 is 0 Å². The quantitative estimate of drug-likeness (QED) is 0.761. The Morgan fingerprint density at radius 1 is 1.58 bits per heavy atom. The molecule has 1 fully saturated rings. The van der Waals surface area contributed by atoms with Gasteiger partial charge < -0.3 is 4.74 Å². The zero-order valence-electron chi connectivity index (χ0n) is 10.8. The van der Waals surface area contributed by atoms with Gasteiger partial charge in [0.2, 0.25) is 5.78 Å². The number of esters is 1. The van der Waals surface area contributed by atoms with Crippen LogP contribution in [0.2, 0.25) is 0 Å². The summed E-state index contributed by atoms with van der Waals surface area (Å²) in [4.78, 5) is 22.4. The van der Waals surface area contributed by atoms with Crippen LogP contribution in [0.25, 0.3) is 5.78 Å². The largest absolute Gasteiger partial charge is 0.469 e. The van der Waals surface area contributed by atoms with E-state index in [-0.39, 0.29) is 11.9 Å². The van der Waals surface area contributed by atoms with E-state index in [9.17, 15) is 4.79 Å². The molecule has 0 spiro atoms. The molecule has 6 nitrogen and oxygen atoms in total. The molecule has 2 aromatic heterocycles. The van der Waals surface area contributed by atoms with Crippen LogP contribution in [0.5, 0.6) is 0 Å². The van der Waals surface area contributed by atoms with Crippen molar-refractivity contribution in [2.24, 2.45) is 5.92 Å². The molecule has 1 unspecified atom stereocenters. The van der Waals surface area contributed by atoms with Crippen LogP contribution in [-0.4, -0.2) is 45.4 Å². The number of imidazole rings is 1. The highest BCUT2D eigenvalue weighted by molar-refractivity contribution is 5.72. The number of likely N-dealkylation sites (tertiary alicyclic amines) is 1. The second-order valence-electron chi connectivity index (χ2n) is 4.80. The molecule has 0 bridgehead atoms. The second kappa shape index (κ2) is 4.97. The molecule has 0 saturated carbocycles. The van der Waals surface area contributed by atoms with E-state index in [4.69, 9.17) is 4.74 Å². The van der Waals surface area contributed by atoms with Crippen molar-refractivity contribution in [3.63, 3.8) is 0 Å². The summed E-state index contributed by atoms with van der Waals surface area (Å²) in [5, 5.41) is 0. The lowest BCUT2D eigenvalue weighted by molar-refractivity contribution is -0.144. The molecule has 1 aliphatic heterocycles. The summed E-state index contributed by atoms with van der Waals surface area (Å²) >= 11 is 0. The van der Waals surface area contributed by atoms with Crippen LogP contribution in [0.3, 0.4) is 0 Å². The third-order valence-corrected chi connectivity index (χ3v) is 3.48. The average Bonchev–Trinajstić information content (AvgIpc) is 3.04. The van der Waals surface area contributed by atoms with Gasteiger partial charge in [-0.15, -0.1) is 0 Å². The van der Waals surface area contributed by atoms with E-state index in [1.165, 1.54) is 7.11 Å². The fourth-order valence-electron chi connectivity index (χ4n) is 2.52. The number of ether oxygens (including phenoxy) is 1. The number of carbonyl (C=O) groups excluding carboxylic acids is 1. The minimum absolute atomic E-state index is 0.000145. The lowest BCUT2D eigenvalue weighted by Gasteiger charge is -2.13. The number of hydrogen-bond acceptors (Lipinski definition) is 5. The van der Waals surface area contributed by atoms with Gasteiger partial charge in [0.25, 0.3) is 0 Å². The van der Waals surface area contributed by atoms with Crippen LogP contribution in [-0.2, 0) is 16.1 Å². The number of methoxy groups -OCH3 is 1. The smallest absolute Gasteiger partial charge is 0.310 e. The molecule has 1 saturated heterocycles. The molecule has 2 aromatic rings. The lowest BCUT2D eigenvalue weighted by Crippen LogP contribution is -2.23. The maximum absolute atomic E-state index is 11.5. The Labute approximate surface area is 111 Å². The van der Waals surface area contributed by atoms with Crippen molar-refractivity contribution < 1.29 is 9.53 Å². The summed E-state index contributed by atoms with van der Waals surface area (Å²) in [6.45, 7) is 2.39. The number of hydrogen-bond donors (Lipinski definition) is 0. The highest BCUT2D eigenvalue weighted by Crippen LogP contribution is 2.19. The highest BCUT2D eigenvalue weighted by Gasteiger charge is 2.29. The zero-order valence-corrected chi connectivity index (χ0v) is 10.8. The molecule has 0 aliphatic carbocycles. The van der Waals surface area contributed by atoms with Gasteiger partial charge in [0.1, 0.15) is 0 Å². The van der Waals surface area contributed by atoms with Crippen molar-refractivity contribution in [2.75, 3.05) is 20.2 Å². The van der Waals surface area contributed by atoms with E-state index in [1.54, 1.807) is 6.20 Å². The van der Waals surface area contributed by atoms with Gasteiger partial charge in [-0.25, -0.2) is 9.97 Å². The maximum Gasteiger partial charge on any atom is 0.310 e. The molecule has 19 heavy (non-hydrogen) atoms. The number of carbonyl (C=O) groups is 1. The topological polar surface area (TPSA) is 59.7 Å². The van der Waals surface area contributed by atoms with Crippen LogP contribution in [0.1, 0.15) is 12.1 Å². The van der Waals surface area contributed by atoms with Crippen molar-refractivity contribution in [3.05, 3.63) is 30.4 Å².